The summed E-state index contributed by atoms with van der Waals surface area (Å²) in [7, 11) is 1.97. The monoisotopic (exact) mass is 345 g/mol. The van der Waals surface area contributed by atoms with E-state index in [2.05, 4.69) is 41.4 Å². The number of carbonyl (C=O) groups is 1. The van der Waals surface area contributed by atoms with Crippen molar-refractivity contribution >= 4 is 5.91 Å². The summed E-state index contributed by atoms with van der Waals surface area (Å²) >= 11 is 0. The number of benzene rings is 2. The molecule has 0 fully saturated rings. The summed E-state index contributed by atoms with van der Waals surface area (Å²) in [4.78, 5) is 19.3. The standard InChI is InChI=1S/C22H23N3O/c1-24-16-23-14-20(24)11-12-22(26)25-15-19-10-6-5-9-18(19)13-21(25)17-7-3-2-4-8-17/h2-10,14,16,21H,11-13,15H2,1H3. The number of hydrogen-bond acceptors (Lipinski definition) is 2. The zero-order valence-electron chi connectivity index (χ0n) is 15.0. The molecule has 0 saturated carbocycles. The quantitative estimate of drug-likeness (QED) is 0.723. The number of hydrogen-bond donors (Lipinski definition) is 0. The second-order valence-corrected chi connectivity index (χ2v) is 6.92. The van der Waals surface area contributed by atoms with E-state index in [4.69, 9.17) is 0 Å². The molecule has 1 aliphatic heterocycles. The number of fused-ring (bicyclic) bond motifs is 1. The second-order valence-electron chi connectivity index (χ2n) is 6.92. The third-order valence-corrected chi connectivity index (χ3v) is 5.26. The Bertz CT molecular complexity index is 901. The average Bonchev–Trinajstić information content (AvgIpc) is 3.10. The fourth-order valence-corrected chi connectivity index (χ4v) is 3.76. The summed E-state index contributed by atoms with van der Waals surface area (Å²) in [5, 5.41) is 0. The average molecular weight is 345 g/mol. The minimum Gasteiger partial charge on any atom is -0.338 e. The van der Waals surface area contributed by atoms with Crippen LogP contribution in [0.5, 0.6) is 0 Å². The molecule has 4 heteroatoms. The Morgan fingerprint density at radius 3 is 2.54 bits per heavy atom. The minimum atomic E-state index is 0.102. The molecular weight excluding hydrogens is 322 g/mol. The van der Waals surface area contributed by atoms with E-state index in [-0.39, 0.29) is 11.9 Å². The lowest BCUT2D eigenvalue weighted by Gasteiger charge is -2.37. The van der Waals surface area contributed by atoms with Gasteiger partial charge >= 0.3 is 0 Å². The lowest BCUT2D eigenvalue weighted by atomic mass is 9.89. The van der Waals surface area contributed by atoms with Gasteiger partial charge in [-0.15, -0.1) is 0 Å². The summed E-state index contributed by atoms with van der Waals surface area (Å²) < 4.78 is 1.98. The maximum atomic E-state index is 13.1. The highest BCUT2D eigenvalue weighted by molar-refractivity contribution is 5.77. The van der Waals surface area contributed by atoms with Gasteiger partial charge < -0.3 is 9.47 Å². The molecule has 1 atom stereocenters. The normalized spacial score (nSPS) is 16.3. The van der Waals surface area contributed by atoms with Crippen LogP contribution in [0.2, 0.25) is 0 Å². The Hall–Kier alpha value is -2.88. The Labute approximate surface area is 154 Å². The molecule has 4 rings (SSSR count). The number of imidazole rings is 1. The first kappa shape index (κ1) is 16.6. The van der Waals surface area contributed by atoms with Crippen LogP contribution in [0, 0.1) is 0 Å². The van der Waals surface area contributed by atoms with Gasteiger partial charge in [0.15, 0.2) is 0 Å². The van der Waals surface area contributed by atoms with Gasteiger partial charge in [-0.1, -0.05) is 54.6 Å². The van der Waals surface area contributed by atoms with Crippen LogP contribution in [0.3, 0.4) is 0 Å². The van der Waals surface area contributed by atoms with E-state index in [0.29, 0.717) is 13.0 Å². The van der Waals surface area contributed by atoms with E-state index in [1.807, 2.05) is 40.9 Å². The predicted octanol–water partition coefficient (Wildman–Crippen LogP) is 3.68. The van der Waals surface area contributed by atoms with E-state index < -0.39 is 0 Å². The molecule has 1 unspecified atom stereocenters. The van der Waals surface area contributed by atoms with Gasteiger partial charge in [-0.05, 0) is 29.5 Å². The molecule has 26 heavy (non-hydrogen) atoms. The maximum Gasteiger partial charge on any atom is 0.223 e. The smallest absolute Gasteiger partial charge is 0.223 e. The van der Waals surface area contributed by atoms with Crippen molar-refractivity contribution in [1.82, 2.24) is 14.5 Å². The number of aryl methyl sites for hydroxylation is 2. The molecule has 0 aliphatic carbocycles. The van der Waals surface area contributed by atoms with Crippen LogP contribution in [0.4, 0.5) is 0 Å². The summed E-state index contributed by atoms with van der Waals surface area (Å²) in [6.45, 7) is 0.681. The molecule has 0 radical (unpaired) electrons. The third-order valence-electron chi connectivity index (χ3n) is 5.26. The summed E-state index contributed by atoms with van der Waals surface area (Å²) in [5.41, 5.74) is 4.90. The second kappa shape index (κ2) is 7.16. The lowest BCUT2D eigenvalue weighted by Crippen LogP contribution is -2.39. The highest BCUT2D eigenvalue weighted by Gasteiger charge is 2.30. The number of amides is 1. The Balaban J connectivity index is 1.58. The van der Waals surface area contributed by atoms with E-state index in [0.717, 1.165) is 18.5 Å². The lowest BCUT2D eigenvalue weighted by molar-refractivity contribution is -0.134. The maximum absolute atomic E-state index is 13.1. The van der Waals surface area contributed by atoms with E-state index in [9.17, 15) is 4.79 Å². The van der Waals surface area contributed by atoms with Crippen LogP contribution >= 0.6 is 0 Å². The van der Waals surface area contributed by atoms with Gasteiger partial charge in [0.25, 0.3) is 0 Å². The molecule has 2 heterocycles. The Kier molecular flexibility index (Phi) is 4.57. The summed E-state index contributed by atoms with van der Waals surface area (Å²) in [6.07, 6.45) is 5.72. The highest BCUT2D eigenvalue weighted by atomic mass is 16.2. The van der Waals surface area contributed by atoms with Gasteiger partial charge in [0.1, 0.15) is 0 Å². The van der Waals surface area contributed by atoms with Gasteiger partial charge in [0, 0.05) is 31.9 Å². The molecule has 132 valence electrons. The molecule has 0 saturated heterocycles. The molecule has 3 aromatic rings. The number of nitrogens with zero attached hydrogens (tertiary/aromatic N) is 3. The van der Waals surface area contributed by atoms with Crippen molar-refractivity contribution in [1.29, 1.82) is 0 Å². The van der Waals surface area contributed by atoms with Crippen LogP contribution in [-0.4, -0.2) is 20.4 Å². The topological polar surface area (TPSA) is 38.1 Å². The number of rotatable bonds is 4. The first-order chi connectivity index (χ1) is 12.7. The largest absolute Gasteiger partial charge is 0.338 e. The van der Waals surface area contributed by atoms with Crippen LogP contribution in [0.25, 0.3) is 0 Å². The van der Waals surface area contributed by atoms with Crippen molar-refractivity contribution < 1.29 is 4.79 Å². The van der Waals surface area contributed by atoms with Crippen LogP contribution in [0.15, 0.2) is 67.1 Å². The van der Waals surface area contributed by atoms with E-state index >= 15 is 0 Å². The zero-order valence-corrected chi connectivity index (χ0v) is 15.0. The summed E-state index contributed by atoms with van der Waals surface area (Å²) in [6, 6.07) is 18.9. The van der Waals surface area contributed by atoms with Crippen LogP contribution < -0.4 is 0 Å². The Morgan fingerprint density at radius 2 is 1.81 bits per heavy atom. The van der Waals surface area contributed by atoms with Crippen molar-refractivity contribution in [3.8, 4) is 0 Å². The molecule has 0 spiro atoms. The third kappa shape index (κ3) is 3.27. The van der Waals surface area contributed by atoms with Crippen molar-refractivity contribution in [3.63, 3.8) is 0 Å². The van der Waals surface area contributed by atoms with Crippen molar-refractivity contribution in [3.05, 3.63) is 89.5 Å². The van der Waals surface area contributed by atoms with Gasteiger partial charge in [-0.2, -0.15) is 0 Å². The van der Waals surface area contributed by atoms with Crippen LogP contribution in [-0.2, 0) is 31.2 Å². The van der Waals surface area contributed by atoms with Crippen molar-refractivity contribution in [2.75, 3.05) is 0 Å². The van der Waals surface area contributed by atoms with Crippen molar-refractivity contribution in [2.24, 2.45) is 7.05 Å². The van der Waals surface area contributed by atoms with Gasteiger partial charge in [-0.3, -0.25) is 4.79 Å². The SMILES string of the molecule is Cn1cncc1CCC(=O)N1Cc2ccccc2CC1c1ccccc1. The molecule has 0 bridgehead atoms. The fourth-order valence-electron chi connectivity index (χ4n) is 3.76. The Morgan fingerprint density at radius 1 is 1.08 bits per heavy atom. The van der Waals surface area contributed by atoms with Gasteiger partial charge in [0.05, 0.1) is 12.4 Å². The number of carbonyl (C=O) groups excluding carboxylic acids is 1. The molecular formula is C22H23N3O. The molecule has 1 amide bonds. The molecule has 1 aromatic heterocycles. The molecule has 0 N–H and O–H groups in total. The molecule has 4 nitrogen and oxygen atoms in total. The predicted molar refractivity (Wildman–Crippen MR) is 101 cm³/mol. The first-order valence-corrected chi connectivity index (χ1v) is 9.09. The summed E-state index contributed by atoms with van der Waals surface area (Å²) in [5.74, 6) is 0.203. The molecule has 1 aliphatic rings. The fraction of sp³-hybridized carbons (Fsp3) is 0.273. The molecule has 2 aromatic carbocycles. The number of aromatic nitrogens is 2. The van der Waals surface area contributed by atoms with Crippen LogP contribution in [0.1, 0.15) is 34.8 Å². The van der Waals surface area contributed by atoms with Crippen molar-refractivity contribution in [2.45, 2.75) is 31.8 Å². The zero-order chi connectivity index (χ0) is 17.9. The van der Waals surface area contributed by atoms with Gasteiger partial charge in [-0.25, -0.2) is 4.98 Å². The van der Waals surface area contributed by atoms with E-state index in [1.165, 1.54) is 16.7 Å². The minimum absolute atomic E-state index is 0.102. The van der Waals surface area contributed by atoms with E-state index in [1.54, 1.807) is 6.33 Å². The van der Waals surface area contributed by atoms with Gasteiger partial charge in [0.2, 0.25) is 5.91 Å². The first-order valence-electron chi connectivity index (χ1n) is 9.09. The highest BCUT2D eigenvalue weighted by Crippen LogP contribution is 2.33.